The van der Waals surface area contributed by atoms with Gasteiger partial charge >= 0.3 is 0 Å². The number of carbonyl (C=O) groups is 1. The minimum atomic E-state index is 0.00301. The van der Waals surface area contributed by atoms with E-state index in [4.69, 9.17) is 0 Å². The molecule has 2 aromatic heterocycles. The van der Waals surface area contributed by atoms with E-state index in [-0.39, 0.29) is 23.3 Å². The molecule has 0 saturated carbocycles. The SMILES string of the molecule is O=C(c1cccc2c1NCCC2)N1C[C@@H]2C[C@H](C1)c1ccc(-c3ncc[nH]3)c(=O)n1C2. The number of hydrogen-bond acceptors (Lipinski definition) is 4. The predicted molar refractivity (Wildman–Crippen MR) is 118 cm³/mol. The van der Waals surface area contributed by atoms with E-state index in [0.29, 0.717) is 31.0 Å². The number of nitrogens with one attached hydrogen (secondary N) is 2. The molecule has 3 aromatic rings. The van der Waals surface area contributed by atoms with Gasteiger partial charge in [-0.2, -0.15) is 0 Å². The quantitative estimate of drug-likeness (QED) is 0.674. The summed E-state index contributed by atoms with van der Waals surface area (Å²) in [6.45, 7) is 2.90. The number of anilines is 1. The molecule has 0 aliphatic carbocycles. The van der Waals surface area contributed by atoms with Crippen molar-refractivity contribution in [3.8, 4) is 11.4 Å². The molecule has 1 amide bonds. The maximum Gasteiger partial charge on any atom is 0.261 e. The Balaban J connectivity index is 1.31. The minimum Gasteiger partial charge on any atom is -0.384 e. The highest BCUT2D eigenvalue weighted by molar-refractivity contribution is 6.00. The third-order valence-corrected chi connectivity index (χ3v) is 6.95. The van der Waals surface area contributed by atoms with Crippen LogP contribution < -0.4 is 10.9 Å². The van der Waals surface area contributed by atoms with Crippen molar-refractivity contribution in [3.05, 3.63) is 69.9 Å². The zero-order valence-electron chi connectivity index (χ0n) is 17.3. The van der Waals surface area contributed by atoms with Gasteiger partial charge in [-0.1, -0.05) is 12.1 Å². The van der Waals surface area contributed by atoms with E-state index in [1.807, 2.05) is 33.7 Å². The fourth-order valence-corrected chi connectivity index (χ4v) is 5.56. The Bertz CT molecular complexity index is 1210. The van der Waals surface area contributed by atoms with Crippen LogP contribution in [0.15, 0.2) is 47.5 Å². The first-order chi connectivity index (χ1) is 15.2. The van der Waals surface area contributed by atoms with Crippen molar-refractivity contribution in [1.29, 1.82) is 0 Å². The average molecular weight is 415 g/mol. The Labute approximate surface area is 180 Å². The van der Waals surface area contributed by atoms with E-state index in [0.717, 1.165) is 42.8 Å². The molecule has 31 heavy (non-hydrogen) atoms. The maximum absolute atomic E-state index is 13.5. The minimum absolute atomic E-state index is 0.00301. The topological polar surface area (TPSA) is 83.0 Å². The molecule has 0 spiro atoms. The van der Waals surface area contributed by atoms with Crippen molar-refractivity contribution in [2.45, 2.75) is 31.7 Å². The van der Waals surface area contributed by atoms with Gasteiger partial charge in [-0.15, -0.1) is 0 Å². The molecule has 3 aliphatic rings. The van der Waals surface area contributed by atoms with Crippen LogP contribution >= 0.6 is 0 Å². The van der Waals surface area contributed by atoms with Gasteiger partial charge in [0.1, 0.15) is 5.82 Å². The Morgan fingerprint density at radius 2 is 2.06 bits per heavy atom. The van der Waals surface area contributed by atoms with Crippen LogP contribution in [0.5, 0.6) is 0 Å². The van der Waals surface area contributed by atoms with E-state index < -0.39 is 0 Å². The van der Waals surface area contributed by atoms with E-state index >= 15 is 0 Å². The molecule has 7 nitrogen and oxygen atoms in total. The molecule has 2 N–H and O–H groups in total. The second-order valence-electron chi connectivity index (χ2n) is 8.90. The van der Waals surface area contributed by atoms with Crippen molar-refractivity contribution < 1.29 is 4.79 Å². The average Bonchev–Trinajstić information content (AvgIpc) is 3.33. The summed E-state index contributed by atoms with van der Waals surface area (Å²) in [4.78, 5) is 35.9. The molecule has 158 valence electrons. The number of carbonyl (C=O) groups excluding carboxylic acids is 1. The Hall–Kier alpha value is -3.35. The van der Waals surface area contributed by atoms with Crippen LogP contribution in [0.2, 0.25) is 0 Å². The summed E-state index contributed by atoms with van der Waals surface area (Å²) in [6, 6.07) is 9.96. The zero-order chi connectivity index (χ0) is 20.9. The van der Waals surface area contributed by atoms with Gasteiger partial charge in [0.2, 0.25) is 0 Å². The summed E-state index contributed by atoms with van der Waals surface area (Å²) in [5, 5.41) is 3.44. The Kier molecular flexibility index (Phi) is 4.23. The summed E-state index contributed by atoms with van der Waals surface area (Å²) in [5.74, 6) is 1.17. The number of para-hydroxylation sites is 1. The summed E-state index contributed by atoms with van der Waals surface area (Å²) < 4.78 is 1.91. The van der Waals surface area contributed by atoms with E-state index in [9.17, 15) is 9.59 Å². The molecule has 2 bridgehead atoms. The number of amides is 1. The van der Waals surface area contributed by atoms with Crippen LogP contribution in [0.4, 0.5) is 5.69 Å². The number of imidazole rings is 1. The summed E-state index contributed by atoms with van der Waals surface area (Å²) in [5.41, 5.74) is 4.66. The standard InChI is InChI=1S/C24H25N5O2/c30-23(18-5-1-3-16-4-2-8-25-21(16)18)28-12-15-11-17(14-28)20-7-6-19(22-26-9-10-27-22)24(31)29(20)13-15/h1,3,5-7,9-10,15,17,25H,2,4,8,11-14H2,(H,26,27)/t15-,17+/m0/s1. The van der Waals surface area contributed by atoms with Crippen LogP contribution in [-0.2, 0) is 13.0 Å². The lowest BCUT2D eigenvalue weighted by Gasteiger charge is -2.43. The van der Waals surface area contributed by atoms with E-state index in [1.54, 1.807) is 12.4 Å². The molecular weight excluding hydrogens is 390 g/mol. The highest BCUT2D eigenvalue weighted by Crippen LogP contribution is 2.37. The van der Waals surface area contributed by atoms with Gasteiger partial charge in [0, 0.05) is 50.2 Å². The number of benzene rings is 1. The number of rotatable bonds is 2. The molecule has 1 saturated heterocycles. The van der Waals surface area contributed by atoms with Gasteiger partial charge in [-0.3, -0.25) is 9.59 Å². The van der Waals surface area contributed by atoms with Gasteiger partial charge in [0.25, 0.3) is 11.5 Å². The molecule has 6 rings (SSSR count). The zero-order valence-corrected chi connectivity index (χ0v) is 17.3. The smallest absolute Gasteiger partial charge is 0.261 e. The molecule has 1 aromatic carbocycles. The number of H-pyrrole nitrogens is 1. The van der Waals surface area contributed by atoms with Crippen molar-refractivity contribution in [1.82, 2.24) is 19.4 Å². The maximum atomic E-state index is 13.5. The van der Waals surface area contributed by atoms with Crippen LogP contribution in [0.1, 0.15) is 40.4 Å². The number of aryl methyl sites for hydroxylation is 1. The number of fused-ring (bicyclic) bond motifs is 5. The highest BCUT2D eigenvalue weighted by atomic mass is 16.2. The number of likely N-dealkylation sites (tertiary alicyclic amines) is 1. The fourth-order valence-electron chi connectivity index (χ4n) is 5.56. The van der Waals surface area contributed by atoms with Crippen LogP contribution in [0, 0.1) is 5.92 Å². The lowest BCUT2D eigenvalue weighted by atomic mass is 9.82. The number of aromatic amines is 1. The van der Waals surface area contributed by atoms with Gasteiger partial charge in [-0.05, 0) is 48.9 Å². The highest BCUT2D eigenvalue weighted by Gasteiger charge is 2.37. The van der Waals surface area contributed by atoms with Gasteiger partial charge in [0.05, 0.1) is 16.8 Å². The fraction of sp³-hybridized carbons (Fsp3) is 0.375. The molecule has 0 radical (unpaired) electrons. The molecule has 7 heteroatoms. The first-order valence-electron chi connectivity index (χ1n) is 11.1. The second kappa shape index (κ2) is 7.11. The third-order valence-electron chi connectivity index (χ3n) is 6.95. The Morgan fingerprint density at radius 1 is 1.13 bits per heavy atom. The molecule has 3 aliphatic heterocycles. The van der Waals surface area contributed by atoms with E-state index in [2.05, 4.69) is 21.4 Å². The predicted octanol–water partition coefficient (Wildman–Crippen LogP) is 2.86. The van der Waals surface area contributed by atoms with Gasteiger partial charge in [0.15, 0.2) is 0 Å². The van der Waals surface area contributed by atoms with Crippen LogP contribution in [0.3, 0.4) is 0 Å². The van der Waals surface area contributed by atoms with Gasteiger partial charge in [-0.25, -0.2) is 4.98 Å². The van der Waals surface area contributed by atoms with Crippen molar-refractivity contribution in [2.75, 3.05) is 25.0 Å². The number of nitrogens with zero attached hydrogens (tertiary/aromatic N) is 3. The Morgan fingerprint density at radius 3 is 2.94 bits per heavy atom. The number of hydrogen-bond donors (Lipinski definition) is 2. The molecule has 1 fully saturated rings. The van der Waals surface area contributed by atoms with Crippen LogP contribution in [0.25, 0.3) is 11.4 Å². The number of piperidine rings is 1. The first kappa shape index (κ1) is 18.4. The first-order valence-corrected chi connectivity index (χ1v) is 11.1. The van der Waals surface area contributed by atoms with Gasteiger partial charge < -0.3 is 19.8 Å². The van der Waals surface area contributed by atoms with Crippen molar-refractivity contribution in [3.63, 3.8) is 0 Å². The number of pyridine rings is 1. The summed E-state index contributed by atoms with van der Waals surface area (Å²) in [7, 11) is 0. The lowest BCUT2D eigenvalue weighted by molar-refractivity contribution is 0.0595. The van der Waals surface area contributed by atoms with Crippen molar-refractivity contribution >= 4 is 11.6 Å². The molecule has 5 heterocycles. The summed E-state index contributed by atoms with van der Waals surface area (Å²) >= 11 is 0. The largest absolute Gasteiger partial charge is 0.384 e. The third kappa shape index (κ3) is 2.99. The summed E-state index contributed by atoms with van der Waals surface area (Å²) in [6.07, 6.45) is 6.53. The van der Waals surface area contributed by atoms with Crippen molar-refractivity contribution in [2.24, 2.45) is 5.92 Å². The normalized spacial score (nSPS) is 21.7. The molecule has 2 atom stereocenters. The van der Waals surface area contributed by atoms with E-state index in [1.165, 1.54) is 5.56 Å². The second-order valence-corrected chi connectivity index (χ2v) is 8.90. The lowest BCUT2D eigenvalue weighted by Crippen LogP contribution is -2.49. The number of aromatic nitrogens is 3. The van der Waals surface area contributed by atoms with Crippen LogP contribution in [-0.4, -0.2) is 45.0 Å². The monoisotopic (exact) mass is 415 g/mol. The molecule has 0 unspecified atom stereocenters. The molecular formula is C24H25N5O2.